The van der Waals surface area contributed by atoms with Crippen molar-refractivity contribution in [2.24, 2.45) is 10.8 Å². The fraction of sp³-hybridized carbons (Fsp3) is 1.00. The molecule has 0 atom stereocenters. The van der Waals surface area contributed by atoms with Gasteiger partial charge in [0.2, 0.25) is 0 Å². The van der Waals surface area contributed by atoms with Crippen LogP contribution in [0.25, 0.3) is 0 Å². The summed E-state index contributed by atoms with van der Waals surface area (Å²) in [6.45, 7) is 15.9. The lowest BCUT2D eigenvalue weighted by molar-refractivity contribution is 0.231. The number of halogens is 1. The summed E-state index contributed by atoms with van der Waals surface area (Å²) >= 11 is 6.31. The van der Waals surface area contributed by atoms with E-state index in [1.54, 1.807) is 0 Å². The third-order valence-corrected chi connectivity index (χ3v) is 5.31. The molecule has 0 saturated heterocycles. The standard InChI is InChI=1S/C10H22ClSi/c1-9(2,3)8(12(7)11)10(4,5)6/h8H,1-7H3. The van der Waals surface area contributed by atoms with Crippen LogP contribution in [0.5, 0.6) is 0 Å². The van der Waals surface area contributed by atoms with Crippen molar-refractivity contribution >= 4 is 19.2 Å². The molecule has 0 amide bonds. The molecule has 0 unspecified atom stereocenters. The van der Waals surface area contributed by atoms with E-state index in [4.69, 9.17) is 11.1 Å². The van der Waals surface area contributed by atoms with Gasteiger partial charge in [-0.25, -0.2) is 0 Å². The first-order valence-corrected chi connectivity index (χ1v) is 7.64. The molecule has 0 aromatic heterocycles. The Balaban J connectivity index is 4.70. The first-order valence-electron chi connectivity index (χ1n) is 4.56. The van der Waals surface area contributed by atoms with Gasteiger partial charge in [-0.1, -0.05) is 48.1 Å². The molecule has 0 saturated carbocycles. The third kappa shape index (κ3) is 3.49. The second kappa shape index (κ2) is 3.71. The number of hydrogen-bond donors (Lipinski definition) is 0. The Morgan fingerprint density at radius 2 is 1.17 bits per heavy atom. The van der Waals surface area contributed by atoms with E-state index in [9.17, 15) is 0 Å². The van der Waals surface area contributed by atoms with E-state index in [2.05, 4.69) is 48.1 Å². The molecule has 0 heterocycles. The zero-order valence-corrected chi connectivity index (χ0v) is 11.2. The monoisotopic (exact) mass is 205 g/mol. The third-order valence-electron chi connectivity index (χ3n) is 2.13. The van der Waals surface area contributed by atoms with E-state index >= 15 is 0 Å². The van der Waals surface area contributed by atoms with Gasteiger partial charge in [-0.2, -0.15) is 11.1 Å². The minimum atomic E-state index is -0.716. The molecule has 0 fully saturated rings. The molecule has 12 heavy (non-hydrogen) atoms. The Labute approximate surface area is 84.0 Å². The summed E-state index contributed by atoms with van der Waals surface area (Å²) in [6.07, 6.45) is 0. The van der Waals surface area contributed by atoms with Gasteiger partial charge >= 0.3 is 0 Å². The maximum Gasteiger partial charge on any atom is 0.166 e. The highest BCUT2D eigenvalue weighted by atomic mass is 35.6. The van der Waals surface area contributed by atoms with Crippen molar-refractivity contribution in [3.63, 3.8) is 0 Å². The van der Waals surface area contributed by atoms with E-state index in [-0.39, 0.29) is 0 Å². The van der Waals surface area contributed by atoms with Gasteiger partial charge in [0, 0.05) is 0 Å². The summed E-state index contributed by atoms with van der Waals surface area (Å²) < 4.78 is 0. The highest BCUT2D eigenvalue weighted by Crippen LogP contribution is 2.47. The second-order valence-electron chi connectivity index (χ2n) is 5.75. The Morgan fingerprint density at radius 3 is 1.17 bits per heavy atom. The largest absolute Gasteiger partial charge is 0.169 e. The molecule has 0 rings (SSSR count). The van der Waals surface area contributed by atoms with Gasteiger partial charge in [-0.05, 0) is 16.4 Å². The van der Waals surface area contributed by atoms with Crippen LogP contribution in [0.1, 0.15) is 41.5 Å². The highest BCUT2D eigenvalue weighted by molar-refractivity contribution is 7.07. The maximum atomic E-state index is 6.31. The number of rotatable bonds is 1. The predicted octanol–water partition coefficient (Wildman–Crippen LogP) is 4.31. The molecule has 0 aliphatic heterocycles. The zero-order valence-electron chi connectivity index (χ0n) is 9.46. The Morgan fingerprint density at radius 1 is 0.917 bits per heavy atom. The highest BCUT2D eigenvalue weighted by Gasteiger charge is 2.38. The van der Waals surface area contributed by atoms with Gasteiger partial charge in [0.1, 0.15) is 0 Å². The molecule has 0 bridgehead atoms. The smallest absolute Gasteiger partial charge is 0.166 e. The average molecular weight is 206 g/mol. The topological polar surface area (TPSA) is 0 Å². The van der Waals surface area contributed by atoms with Crippen LogP contribution in [-0.2, 0) is 0 Å². The Kier molecular flexibility index (Phi) is 3.87. The quantitative estimate of drug-likeness (QED) is 0.442. The fourth-order valence-corrected chi connectivity index (χ4v) is 6.84. The molecule has 0 aliphatic carbocycles. The summed E-state index contributed by atoms with van der Waals surface area (Å²) in [6, 6.07) is 0. The SMILES string of the molecule is C[Si](Cl)C(C(C)(C)C)C(C)(C)C. The maximum absolute atomic E-state index is 6.31. The van der Waals surface area contributed by atoms with Gasteiger partial charge in [-0.15, -0.1) is 0 Å². The minimum Gasteiger partial charge on any atom is -0.169 e. The van der Waals surface area contributed by atoms with Crippen molar-refractivity contribution in [1.82, 2.24) is 0 Å². The molecule has 73 valence electrons. The van der Waals surface area contributed by atoms with Crippen LogP contribution in [0.2, 0.25) is 12.1 Å². The lowest BCUT2D eigenvalue weighted by atomic mass is 9.77. The van der Waals surface area contributed by atoms with Crippen LogP contribution in [0.4, 0.5) is 0 Å². The van der Waals surface area contributed by atoms with Crippen molar-refractivity contribution in [1.29, 1.82) is 0 Å². The Hall–Kier alpha value is 0.507. The van der Waals surface area contributed by atoms with Crippen LogP contribution in [0.3, 0.4) is 0 Å². The van der Waals surface area contributed by atoms with Crippen molar-refractivity contribution in [2.75, 3.05) is 0 Å². The number of hydrogen-bond acceptors (Lipinski definition) is 0. The van der Waals surface area contributed by atoms with Crippen LogP contribution < -0.4 is 0 Å². The minimum absolute atomic E-state index is 0.336. The van der Waals surface area contributed by atoms with Gasteiger partial charge in [0.15, 0.2) is 8.11 Å². The molecule has 0 aromatic carbocycles. The molecule has 0 nitrogen and oxygen atoms in total. The lowest BCUT2D eigenvalue weighted by Crippen LogP contribution is -2.34. The van der Waals surface area contributed by atoms with Crippen molar-refractivity contribution in [3.05, 3.63) is 0 Å². The van der Waals surface area contributed by atoms with Crippen molar-refractivity contribution in [2.45, 2.75) is 53.6 Å². The first kappa shape index (κ1) is 12.5. The van der Waals surface area contributed by atoms with Crippen LogP contribution in [-0.4, -0.2) is 8.11 Å². The van der Waals surface area contributed by atoms with E-state index in [1.807, 2.05) is 0 Å². The van der Waals surface area contributed by atoms with E-state index in [0.717, 1.165) is 0 Å². The fourth-order valence-electron chi connectivity index (χ4n) is 2.49. The summed E-state index contributed by atoms with van der Waals surface area (Å²) in [4.78, 5) is 0. The molecule has 0 spiro atoms. The summed E-state index contributed by atoms with van der Waals surface area (Å²) in [7, 11) is -0.716. The van der Waals surface area contributed by atoms with Crippen LogP contribution in [0, 0.1) is 10.8 Å². The van der Waals surface area contributed by atoms with Crippen molar-refractivity contribution < 1.29 is 0 Å². The zero-order chi connectivity index (χ0) is 10.2. The van der Waals surface area contributed by atoms with Gasteiger partial charge in [-0.3, -0.25) is 0 Å². The molecule has 0 N–H and O–H groups in total. The molecule has 0 aliphatic rings. The van der Waals surface area contributed by atoms with Crippen LogP contribution >= 0.6 is 11.1 Å². The molecular weight excluding hydrogens is 184 g/mol. The van der Waals surface area contributed by atoms with Crippen molar-refractivity contribution in [3.8, 4) is 0 Å². The van der Waals surface area contributed by atoms with E-state index in [1.165, 1.54) is 0 Å². The Bertz CT molecular complexity index is 125. The second-order valence-corrected chi connectivity index (χ2v) is 9.29. The van der Waals surface area contributed by atoms with Gasteiger partial charge in [0.05, 0.1) is 0 Å². The van der Waals surface area contributed by atoms with Gasteiger partial charge in [0.25, 0.3) is 0 Å². The van der Waals surface area contributed by atoms with E-state index < -0.39 is 8.11 Å². The summed E-state index contributed by atoms with van der Waals surface area (Å²) in [5.74, 6) is 0. The summed E-state index contributed by atoms with van der Waals surface area (Å²) in [5.41, 5.74) is 1.32. The molecule has 1 radical (unpaired) electrons. The predicted molar refractivity (Wildman–Crippen MR) is 60.1 cm³/mol. The first-order chi connectivity index (χ1) is 5.07. The molecule has 2 heteroatoms. The lowest BCUT2D eigenvalue weighted by Gasteiger charge is -2.41. The average Bonchev–Trinajstić information content (AvgIpc) is 1.49. The molecule has 0 aromatic rings. The normalized spacial score (nSPS) is 14.5. The van der Waals surface area contributed by atoms with Gasteiger partial charge < -0.3 is 0 Å². The van der Waals surface area contributed by atoms with Crippen LogP contribution in [0.15, 0.2) is 0 Å². The van der Waals surface area contributed by atoms with E-state index in [0.29, 0.717) is 16.4 Å². The molecular formula is C10H22ClSi. The summed E-state index contributed by atoms with van der Waals surface area (Å²) in [5, 5.41) is 0.